The number of rotatable bonds is 13. The van der Waals surface area contributed by atoms with Gasteiger partial charge < -0.3 is 43.8 Å². The molecule has 0 aliphatic rings. The lowest BCUT2D eigenvalue weighted by molar-refractivity contribution is -0.142. The minimum Gasteiger partial charge on any atom is -0.480 e. The molecule has 0 spiro atoms. The largest absolute Gasteiger partial charge is 0.480 e. The standard InChI is InChI=1S/C14H27N7O6/c15-7(2-1-5-19-14(17)18)11(24)21-9(6-22)12(25)20-8(13(26)27)3-4-10(16)23/h7-9,22H,1-6,15H2,(H2,16,23)(H,20,25)(H,21,24)(H,26,27)(H4,17,18,19). The molecule has 3 atom stereocenters. The van der Waals surface area contributed by atoms with Crippen molar-refractivity contribution in [2.75, 3.05) is 13.2 Å². The van der Waals surface area contributed by atoms with Gasteiger partial charge >= 0.3 is 5.97 Å². The zero-order chi connectivity index (χ0) is 21.0. The van der Waals surface area contributed by atoms with Crippen LogP contribution in [-0.4, -0.2) is 71.1 Å². The number of primary amides is 1. The fourth-order valence-electron chi connectivity index (χ4n) is 1.94. The number of nitrogens with one attached hydrogen (secondary N) is 2. The molecular weight excluding hydrogens is 362 g/mol. The van der Waals surface area contributed by atoms with E-state index in [0.717, 1.165) is 0 Å². The first-order valence-electron chi connectivity index (χ1n) is 8.12. The predicted molar refractivity (Wildman–Crippen MR) is 94.9 cm³/mol. The molecular formula is C14H27N7O6. The number of nitrogens with two attached hydrogens (primary N) is 4. The van der Waals surface area contributed by atoms with Gasteiger partial charge in [0.1, 0.15) is 12.1 Å². The van der Waals surface area contributed by atoms with E-state index in [2.05, 4.69) is 15.6 Å². The summed E-state index contributed by atoms with van der Waals surface area (Å²) in [6.45, 7) is -0.506. The highest BCUT2D eigenvalue weighted by atomic mass is 16.4. The number of aliphatic carboxylic acids is 1. The second-order valence-corrected chi connectivity index (χ2v) is 5.70. The maximum absolute atomic E-state index is 12.1. The Labute approximate surface area is 155 Å². The molecule has 13 nitrogen and oxygen atoms in total. The number of nitrogens with zero attached hydrogens (tertiary/aromatic N) is 1. The highest BCUT2D eigenvalue weighted by Gasteiger charge is 2.27. The van der Waals surface area contributed by atoms with Crippen LogP contribution in [0.1, 0.15) is 25.7 Å². The summed E-state index contributed by atoms with van der Waals surface area (Å²) in [5, 5.41) is 22.7. The molecule has 0 aromatic rings. The molecule has 13 heteroatoms. The monoisotopic (exact) mass is 389 g/mol. The van der Waals surface area contributed by atoms with Crippen LogP contribution in [0.25, 0.3) is 0 Å². The summed E-state index contributed by atoms with van der Waals surface area (Å²) in [4.78, 5) is 49.7. The molecule has 0 bridgehead atoms. The Morgan fingerprint density at radius 1 is 0.963 bits per heavy atom. The van der Waals surface area contributed by atoms with Crippen molar-refractivity contribution in [2.45, 2.75) is 43.8 Å². The number of aliphatic hydroxyl groups is 1. The molecule has 0 aromatic carbocycles. The Balaban J connectivity index is 4.63. The van der Waals surface area contributed by atoms with Crippen molar-refractivity contribution in [1.29, 1.82) is 0 Å². The van der Waals surface area contributed by atoms with Crippen LogP contribution in [0, 0.1) is 0 Å². The van der Waals surface area contributed by atoms with Crippen LogP contribution in [0.5, 0.6) is 0 Å². The lowest BCUT2D eigenvalue weighted by Crippen LogP contribution is -2.55. The van der Waals surface area contributed by atoms with Crippen LogP contribution < -0.4 is 33.6 Å². The summed E-state index contributed by atoms with van der Waals surface area (Å²) in [5.74, 6) is -3.85. The Bertz CT molecular complexity index is 564. The first-order chi connectivity index (χ1) is 12.6. The van der Waals surface area contributed by atoms with E-state index in [0.29, 0.717) is 6.42 Å². The van der Waals surface area contributed by atoms with Crippen LogP contribution in [-0.2, 0) is 19.2 Å². The number of amides is 3. The molecule has 0 fully saturated rings. The molecule has 0 saturated carbocycles. The van der Waals surface area contributed by atoms with Crippen molar-refractivity contribution in [3.8, 4) is 0 Å². The van der Waals surface area contributed by atoms with Gasteiger partial charge in [-0.1, -0.05) is 0 Å². The molecule has 0 rings (SSSR count). The molecule has 0 radical (unpaired) electrons. The number of guanidine groups is 1. The van der Waals surface area contributed by atoms with E-state index in [-0.39, 0.29) is 31.8 Å². The summed E-state index contributed by atoms with van der Waals surface area (Å²) in [6.07, 6.45) is 0.149. The smallest absolute Gasteiger partial charge is 0.326 e. The van der Waals surface area contributed by atoms with Crippen molar-refractivity contribution < 1.29 is 29.4 Å². The third kappa shape index (κ3) is 10.6. The second-order valence-electron chi connectivity index (χ2n) is 5.70. The van der Waals surface area contributed by atoms with Crippen molar-refractivity contribution in [1.82, 2.24) is 10.6 Å². The van der Waals surface area contributed by atoms with Crippen LogP contribution in [0.4, 0.5) is 0 Å². The summed E-state index contributed by atoms with van der Waals surface area (Å²) in [7, 11) is 0. The SMILES string of the molecule is NC(=O)CCC(NC(=O)C(CO)NC(=O)C(N)CCCN=C(N)N)C(=O)O. The number of carboxylic acids is 1. The Morgan fingerprint density at radius 2 is 1.56 bits per heavy atom. The van der Waals surface area contributed by atoms with Gasteiger partial charge in [0.2, 0.25) is 17.7 Å². The summed E-state index contributed by atoms with van der Waals surface area (Å²) >= 11 is 0. The average molecular weight is 389 g/mol. The van der Waals surface area contributed by atoms with Crippen LogP contribution in [0.15, 0.2) is 4.99 Å². The first-order valence-corrected chi connectivity index (χ1v) is 8.12. The fraction of sp³-hybridized carbons (Fsp3) is 0.643. The van der Waals surface area contributed by atoms with Gasteiger partial charge in [-0.2, -0.15) is 0 Å². The lowest BCUT2D eigenvalue weighted by atomic mass is 10.1. The Morgan fingerprint density at radius 3 is 2.04 bits per heavy atom. The van der Waals surface area contributed by atoms with Gasteiger partial charge in [0.25, 0.3) is 0 Å². The molecule has 3 amide bonds. The molecule has 154 valence electrons. The molecule has 12 N–H and O–H groups in total. The van der Waals surface area contributed by atoms with Gasteiger partial charge in [0.15, 0.2) is 5.96 Å². The lowest BCUT2D eigenvalue weighted by Gasteiger charge is -2.21. The quantitative estimate of drug-likeness (QED) is 0.0859. The highest BCUT2D eigenvalue weighted by Crippen LogP contribution is 2.00. The number of hydrogen-bond acceptors (Lipinski definition) is 7. The number of aliphatic hydroxyl groups excluding tert-OH is 1. The maximum atomic E-state index is 12.1. The zero-order valence-corrected chi connectivity index (χ0v) is 14.8. The van der Waals surface area contributed by atoms with E-state index >= 15 is 0 Å². The van der Waals surface area contributed by atoms with Gasteiger partial charge in [-0.05, 0) is 19.3 Å². The molecule has 0 saturated heterocycles. The van der Waals surface area contributed by atoms with E-state index in [9.17, 15) is 24.3 Å². The molecule has 0 heterocycles. The molecule has 0 aromatic heterocycles. The number of hydrogen-bond donors (Lipinski definition) is 8. The Kier molecular flexibility index (Phi) is 11.1. The zero-order valence-electron chi connectivity index (χ0n) is 14.8. The Hall–Kier alpha value is -2.93. The van der Waals surface area contributed by atoms with Crippen molar-refractivity contribution in [3.05, 3.63) is 0 Å². The predicted octanol–water partition coefficient (Wildman–Crippen LogP) is -4.32. The van der Waals surface area contributed by atoms with E-state index in [4.69, 9.17) is 28.0 Å². The van der Waals surface area contributed by atoms with Crippen LogP contribution in [0.2, 0.25) is 0 Å². The van der Waals surface area contributed by atoms with Crippen LogP contribution >= 0.6 is 0 Å². The first kappa shape index (κ1) is 24.1. The third-order valence-electron chi connectivity index (χ3n) is 3.41. The van der Waals surface area contributed by atoms with Gasteiger partial charge in [0, 0.05) is 13.0 Å². The summed E-state index contributed by atoms with van der Waals surface area (Å²) in [6, 6.07) is -3.79. The molecule has 0 aliphatic heterocycles. The normalized spacial score (nSPS) is 13.7. The fourth-order valence-corrected chi connectivity index (χ4v) is 1.94. The van der Waals surface area contributed by atoms with Gasteiger partial charge in [-0.3, -0.25) is 19.4 Å². The molecule has 27 heavy (non-hydrogen) atoms. The van der Waals surface area contributed by atoms with E-state index in [1.54, 1.807) is 0 Å². The summed E-state index contributed by atoms with van der Waals surface area (Å²) < 4.78 is 0. The van der Waals surface area contributed by atoms with Crippen molar-refractivity contribution >= 4 is 29.7 Å². The van der Waals surface area contributed by atoms with Gasteiger partial charge in [0.05, 0.1) is 12.6 Å². The number of carboxylic acid groups (broad SMARTS) is 1. The minimum absolute atomic E-state index is 0.0886. The third-order valence-corrected chi connectivity index (χ3v) is 3.41. The highest BCUT2D eigenvalue weighted by molar-refractivity contribution is 5.92. The molecule has 3 unspecified atom stereocenters. The topological polar surface area (TPSA) is 249 Å². The molecule has 0 aliphatic carbocycles. The second kappa shape index (κ2) is 12.4. The number of carbonyl (C=O) groups excluding carboxylic acids is 3. The number of aliphatic imine (C=N–C) groups is 1. The van der Waals surface area contributed by atoms with Crippen molar-refractivity contribution in [2.24, 2.45) is 27.9 Å². The van der Waals surface area contributed by atoms with E-state index in [1.807, 2.05) is 0 Å². The van der Waals surface area contributed by atoms with Gasteiger partial charge in [-0.25, -0.2) is 4.79 Å². The van der Waals surface area contributed by atoms with Gasteiger partial charge in [-0.15, -0.1) is 0 Å². The van der Waals surface area contributed by atoms with E-state index in [1.165, 1.54) is 0 Å². The van der Waals surface area contributed by atoms with Crippen LogP contribution in [0.3, 0.4) is 0 Å². The number of carbonyl (C=O) groups is 4. The summed E-state index contributed by atoms with van der Waals surface area (Å²) in [5.41, 5.74) is 21.0. The maximum Gasteiger partial charge on any atom is 0.326 e. The minimum atomic E-state index is -1.41. The average Bonchev–Trinajstić information content (AvgIpc) is 2.58. The van der Waals surface area contributed by atoms with E-state index < -0.39 is 48.4 Å². The van der Waals surface area contributed by atoms with Crippen molar-refractivity contribution in [3.63, 3.8) is 0 Å².